The predicted molar refractivity (Wildman–Crippen MR) is 108 cm³/mol. The van der Waals surface area contributed by atoms with E-state index in [1.54, 1.807) is 16.9 Å². The number of carbonyl (C=O) groups is 2. The third-order valence-electron chi connectivity index (χ3n) is 6.51. The third kappa shape index (κ3) is 3.77. The van der Waals surface area contributed by atoms with Gasteiger partial charge in [-0.3, -0.25) is 9.59 Å². The summed E-state index contributed by atoms with van der Waals surface area (Å²) in [6.07, 6.45) is 4.07. The second kappa shape index (κ2) is 8.56. The van der Waals surface area contributed by atoms with Gasteiger partial charge < -0.3 is 19.6 Å². The molecule has 2 heterocycles. The molecule has 2 aliphatic heterocycles. The van der Waals surface area contributed by atoms with E-state index < -0.39 is 0 Å². The number of ether oxygens (including phenoxy) is 1. The summed E-state index contributed by atoms with van der Waals surface area (Å²) in [5.74, 6) is 6.17. The van der Waals surface area contributed by atoms with Crippen LogP contribution in [0.25, 0.3) is 0 Å². The minimum absolute atomic E-state index is 0.0316. The molecule has 0 radical (unpaired) electrons. The molecule has 29 heavy (non-hydrogen) atoms. The molecule has 1 N–H and O–H groups in total. The number of aliphatic hydroxyl groups excluding tert-OH is 1. The summed E-state index contributed by atoms with van der Waals surface area (Å²) in [5.41, 5.74) is 1.98. The fourth-order valence-corrected chi connectivity index (χ4v) is 5.10. The molecule has 0 bridgehead atoms. The summed E-state index contributed by atoms with van der Waals surface area (Å²) in [4.78, 5) is 29.1. The van der Waals surface area contributed by atoms with Gasteiger partial charge in [0.1, 0.15) is 6.61 Å². The number of piperazine rings is 1. The lowest BCUT2D eigenvalue weighted by atomic mass is 9.73. The Morgan fingerprint density at radius 3 is 2.62 bits per heavy atom. The molecule has 2 amide bonds. The molecule has 0 aromatic heterocycles. The van der Waals surface area contributed by atoms with Crippen molar-refractivity contribution < 1.29 is 19.4 Å². The van der Waals surface area contributed by atoms with E-state index in [-0.39, 0.29) is 48.9 Å². The van der Waals surface area contributed by atoms with E-state index in [1.807, 2.05) is 24.3 Å². The van der Waals surface area contributed by atoms with Gasteiger partial charge in [0.15, 0.2) is 0 Å². The molecule has 6 heteroatoms. The summed E-state index contributed by atoms with van der Waals surface area (Å²) in [6.45, 7) is 1.01. The van der Waals surface area contributed by atoms with Crippen molar-refractivity contribution in [1.29, 1.82) is 0 Å². The second-order valence-corrected chi connectivity index (χ2v) is 8.20. The molecule has 154 valence electrons. The first kappa shape index (κ1) is 19.9. The number of fused-ring (bicyclic) bond motifs is 1. The Morgan fingerprint density at radius 2 is 1.97 bits per heavy atom. The number of methoxy groups -OCH3 is 1. The van der Waals surface area contributed by atoms with Gasteiger partial charge in [0, 0.05) is 31.1 Å². The molecule has 0 unspecified atom stereocenters. The van der Waals surface area contributed by atoms with Crippen LogP contribution in [0.4, 0.5) is 0 Å². The van der Waals surface area contributed by atoms with Crippen LogP contribution in [0.3, 0.4) is 0 Å². The summed E-state index contributed by atoms with van der Waals surface area (Å²) < 4.78 is 4.95. The molecule has 1 aromatic rings. The topological polar surface area (TPSA) is 70.1 Å². The Balaban J connectivity index is 1.50. The van der Waals surface area contributed by atoms with Crippen LogP contribution in [-0.2, 0) is 14.3 Å². The molecule has 0 spiro atoms. The summed E-state index contributed by atoms with van der Waals surface area (Å²) in [6, 6.07) is 7.67. The molecule has 1 aromatic carbocycles. The van der Waals surface area contributed by atoms with Crippen molar-refractivity contribution >= 4 is 11.8 Å². The number of benzene rings is 1. The van der Waals surface area contributed by atoms with Gasteiger partial charge in [0.25, 0.3) is 0 Å². The first-order valence-electron chi connectivity index (χ1n) is 10.4. The minimum Gasteiger partial charge on any atom is -0.394 e. The first-order chi connectivity index (χ1) is 14.1. The molecule has 3 aliphatic rings. The van der Waals surface area contributed by atoms with Crippen LogP contribution >= 0.6 is 0 Å². The average Bonchev–Trinajstić information content (AvgIpc) is 3.25. The quantitative estimate of drug-likeness (QED) is 0.781. The average molecular weight is 396 g/mol. The smallest absolute Gasteiger partial charge is 0.242 e. The van der Waals surface area contributed by atoms with E-state index in [9.17, 15) is 14.7 Å². The van der Waals surface area contributed by atoms with Gasteiger partial charge in [0.2, 0.25) is 11.8 Å². The van der Waals surface area contributed by atoms with E-state index in [0.29, 0.717) is 13.2 Å². The van der Waals surface area contributed by atoms with E-state index in [2.05, 4.69) is 11.8 Å². The standard InChI is InChI=1S/C23H28N2O4/c1-29-12-4-5-16-8-10-17(11-9-16)22-19-13-24(23(28)18-6-2-3-7-18)14-21(27)25(19)20(22)15-26/h8-11,18-20,22,26H,2-3,6-7,12-15H2,1H3/t19-,20+,22+/m1/s1. The number of carbonyl (C=O) groups excluding carboxylic acids is 2. The van der Waals surface area contributed by atoms with Crippen molar-refractivity contribution in [3.63, 3.8) is 0 Å². The van der Waals surface area contributed by atoms with E-state index in [4.69, 9.17) is 4.74 Å². The largest absolute Gasteiger partial charge is 0.394 e. The maximum absolute atomic E-state index is 12.9. The minimum atomic E-state index is -0.221. The zero-order valence-electron chi connectivity index (χ0n) is 16.8. The molecule has 3 fully saturated rings. The maximum Gasteiger partial charge on any atom is 0.242 e. The van der Waals surface area contributed by atoms with E-state index in [0.717, 1.165) is 36.8 Å². The van der Waals surface area contributed by atoms with Crippen molar-refractivity contribution in [1.82, 2.24) is 9.80 Å². The van der Waals surface area contributed by atoms with Gasteiger partial charge in [-0.2, -0.15) is 0 Å². The maximum atomic E-state index is 12.9. The monoisotopic (exact) mass is 396 g/mol. The first-order valence-corrected chi connectivity index (χ1v) is 10.4. The normalized spacial score (nSPS) is 26.6. The van der Waals surface area contributed by atoms with Crippen molar-refractivity contribution in [3.05, 3.63) is 35.4 Å². The Kier molecular flexibility index (Phi) is 5.89. The lowest BCUT2D eigenvalue weighted by Crippen LogP contribution is -2.73. The Hall–Kier alpha value is -2.36. The number of hydrogen-bond donors (Lipinski definition) is 1. The van der Waals surface area contributed by atoms with Crippen molar-refractivity contribution in [2.45, 2.75) is 43.7 Å². The summed E-state index contributed by atoms with van der Waals surface area (Å²) in [5, 5.41) is 9.91. The third-order valence-corrected chi connectivity index (χ3v) is 6.51. The highest BCUT2D eigenvalue weighted by Gasteiger charge is 2.54. The van der Waals surface area contributed by atoms with Crippen LogP contribution in [0.5, 0.6) is 0 Å². The van der Waals surface area contributed by atoms with Gasteiger partial charge in [-0.15, -0.1) is 0 Å². The predicted octanol–water partition coefficient (Wildman–Crippen LogP) is 1.37. The highest BCUT2D eigenvalue weighted by atomic mass is 16.5. The van der Waals surface area contributed by atoms with Gasteiger partial charge in [-0.1, -0.05) is 36.8 Å². The fourth-order valence-electron chi connectivity index (χ4n) is 5.10. The van der Waals surface area contributed by atoms with Crippen LogP contribution in [0.15, 0.2) is 24.3 Å². The number of rotatable bonds is 4. The molecular weight excluding hydrogens is 368 g/mol. The number of nitrogens with zero attached hydrogens (tertiary/aromatic N) is 2. The molecule has 2 saturated heterocycles. The Morgan fingerprint density at radius 1 is 1.24 bits per heavy atom. The molecule has 3 atom stereocenters. The lowest BCUT2D eigenvalue weighted by molar-refractivity contribution is -0.168. The zero-order valence-corrected chi connectivity index (χ0v) is 16.8. The molecule has 4 rings (SSSR count). The van der Waals surface area contributed by atoms with Crippen LogP contribution in [0.1, 0.15) is 42.7 Å². The van der Waals surface area contributed by atoms with Crippen molar-refractivity contribution in [3.8, 4) is 11.8 Å². The summed E-state index contributed by atoms with van der Waals surface area (Å²) in [7, 11) is 1.61. The molecule has 1 aliphatic carbocycles. The Labute approximate surface area is 171 Å². The molecule has 6 nitrogen and oxygen atoms in total. The molecule has 1 saturated carbocycles. The number of amides is 2. The van der Waals surface area contributed by atoms with Crippen LogP contribution in [0, 0.1) is 17.8 Å². The van der Waals surface area contributed by atoms with Gasteiger partial charge in [0.05, 0.1) is 25.2 Å². The number of aliphatic hydroxyl groups is 1. The molecular formula is C23H28N2O4. The highest BCUT2D eigenvalue weighted by molar-refractivity contribution is 5.88. The van der Waals surface area contributed by atoms with E-state index >= 15 is 0 Å². The van der Waals surface area contributed by atoms with Crippen LogP contribution in [0.2, 0.25) is 0 Å². The zero-order chi connectivity index (χ0) is 20.4. The van der Waals surface area contributed by atoms with Crippen LogP contribution < -0.4 is 0 Å². The lowest BCUT2D eigenvalue weighted by Gasteiger charge is -2.59. The van der Waals surface area contributed by atoms with Gasteiger partial charge in [-0.25, -0.2) is 0 Å². The van der Waals surface area contributed by atoms with Crippen molar-refractivity contribution in [2.24, 2.45) is 5.92 Å². The highest BCUT2D eigenvalue weighted by Crippen LogP contribution is 2.43. The van der Waals surface area contributed by atoms with Gasteiger partial charge >= 0.3 is 0 Å². The number of hydrogen-bond acceptors (Lipinski definition) is 4. The van der Waals surface area contributed by atoms with E-state index in [1.165, 1.54) is 0 Å². The SMILES string of the molecule is COCC#Cc1ccc([C@H]2[C@H]3CN(C(=O)C4CCCC4)CC(=O)N3[C@H]2CO)cc1. The van der Waals surface area contributed by atoms with Gasteiger partial charge in [-0.05, 0) is 30.5 Å². The second-order valence-electron chi connectivity index (χ2n) is 8.20. The van der Waals surface area contributed by atoms with Crippen LogP contribution in [-0.4, -0.2) is 72.2 Å². The fraction of sp³-hybridized carbons (Fsp3) is 0.565. The summed E-state index contributed by atoms with van der Waals surface area (Å²) >= 11 is 0. The van der Waals surface area contributed by atoms with Crippen molar-refractivity contribution in [2.75, 3.05) is 33.4 Å². The Bertz CT molecular complexity index is 820.